The first kappa shape index (κ1) is 11.7. The number of hydrogen-bond donors (Lipinski definition) is 0. The van der Waals surface area contributed by atoms with Crippen molar-refractivity contribution in [3.05, 3.63) is 34.3 Å². The number of likely N-dealkylation sites (tertiary alicyclic amines) is 1. The van der Waals surface area contributed by atoms with Crippen LogP contribution in [0.3, 0.4) is 0 Å². The first-order valence-electron chi connectivity index (χ1n) is 5.27. The summed E-state index contributed by atoms with van der Waals surface area (Å²) in [6.45, 7) is 3.28. The largest absolute Gasteiger partial charge is 0.337 e. The minimum absolute atomic E-state index is 0.0444. The molecule has 0 radical (unpaired) electrons. The average Bonchev–Trinajstić information content (AvgIpc) is 2.68. The van der Waals surface area contributed by atoms with Gasteiger partial charge in [0.1, 0.15) is 0 Å². The smallest absolute Gasteiger partial charge is 0.253 e. The number of carbonyl (C=O) groups excluding carboxylic acids is 1. The van der Waals surface area contributed by atoms with E-state index in [1.54, 1.807) is 17.0 Å². The third-order valence-electron chi connectivity index (χ3n) is 2.82. The fourth-order valence-electron chi connectivity index (χ4n) is 1.86. The zero-order chi connectivity index (χ0) is 11.7. The van der Waals surface area contributed by atoms with Crippen molar-refractivity contribution in [3.8, 4) is 0 Å². The van der Waals surface area contributed by atoms with E-state index >= 15 is 0 Å². The van der Waals surface area contributed by atoms with Crippen molar-refractivity contribution in [3.63, 3.8) is 0 Å². The van der Waals surface area contributed by atoms with Gasteiger partial charge in [-0.3, -0.25) is 4.79 Å². The summed E-state index contributed by atoms with van der Waals surface area (Å²) in [6.07, 6.45) is 0.875. The Labute approximate surface area is 105 Å². The molecule has 4 heteroatoms. The van der Waals surface area contributed by atoms with Crippen LogP contribution < -0.4 is 0 Å². The van der Waals surface area contributed by atoms with Gasteiger partial charge in [0.05, 0.1) is 5.38 Å². The van der Waals surface area contributed by atoms with Crippen LogP contribution in [0, 0.1) is 6.92 Å². The zero-order valence-electron chi connectivity index (χ0n) is 9.04. The van der Waals surface area contributed by atoms with Crippen molar-refractivity contribution in [2.24, 2.45) is 0 Å². The Kier molecular flexibility index (Phi) is 3.41. The molecule has 0 saturated carbocycles. The molecule has 0 N–H and O–H groups in total. The summed E-state index contributed by atoms with van der Waals surface area (Å²) in [4.78, 5) is 13.9. The number of nitrogens with zero attached hydrogens (tertiary/aromatic N) is 1. The minimum Gasteiger partial charge on any atom is -0.337 e. The van der Waals surface area contributed by atoms with Crippen LogP contribution in [-0.2, 0) is 0 Å². The quantitative estimate of drug-likeness (QED) is 0.709. The van der Waals surface area contributed by atoms with Crippen LogP contribution >= 0.6 is 23.2 Å². The Bertz CT molecular complexity index is 419. The van der Waals surface area contributed by atoms with E-state index in [1.165, 1.54) is 0 Å². The topological polar surface area (TPSA) is 20.3 Å². The van der Waals surface area contributed by atoms with E-state index in [9.17, 15) is 4.79 Å². The lowest BCUT2D eigenvalue weighted by molar-refractivity contribution is 0.0793. The van der Waals surface area contributed by atoms with E-state index in [0.717, 1.165) is 18.5 Å². The predicted molar refractivity (Wildman–Crippen MR) is 66.4 cm³/mol. The van der Waals surface area contributed by atoms with Crippen LogP contribution in [0.5, 0.6) is 0 Å². The van der Waals surface area contributed by atoms with E-state index < -0.39 is 0 Å². The molecule has 0 bridgehead atoms. The van der Waals surface area contributed by atoms with E-state index in [1.807, 2.05) is 13.0 Å². The highest BCUT2D eigenvalue weighted by Gasteiger charge is 2.25. The summed E-state index contributed by atoms with van der Waals surface area (Å²) >= 11 is 11.9. The maximum absolute atomic E-state index is 12.1. The molecule has 1 saturated heterocycles. The molecule has 1 amide bonds. The number of amides is 1. The first-order chi connectivity index (χ1) is 7.58. The second kappa shape index (κ2) is 4.64. The lowest BCUT2D eigenvalue weighted by atomic mass is 10.1. The fourth-order valence-corrected chi connectivity index (χ4v) is 2.24. The van der Waals surface area contributed by atoms with Gasteiger partial charge in [0.15, 0.2) is 0 Å². The van der Waals surface area contributed by atoms with Crippen LogP contribution in [0.4, 0.5) is 0 Å². The molecule has 1 unspecified atom stereocenters. The van der Waals surface area contributed by atoms with E-state index in [2.05, 4.69) is 0 Å². The SMILES string of the molecule is Cc1cc(C(=O)N2CCC(Cl)C2)ccc1Cl. The number of hydrogen-bond acceptors (Lipinski definition) is 1. The molecule has 1 atom stereocenters. The molecule has 0 aromatic heterocycles. The number of halogens is 2. The molecule has 2 rings (SSSR count). The van der Waals surface area contributed by atoms with Crippen molar-refractivity contribution >= 4 is 29.1 Å². The molecule has 1 aromatic carbocycles. The van der Waals surface area contributed by atoms with Gasteiger partial charge in [-0.05, 0) is 37.1 Å². The fraction of sp³-hybridized carbons (Fsp3) is 0.417. The summed E-state index contributed by atoms with van der Waals surface area (Å²) in [5, 5.41) is 0.783. The van der Waals surface area contributed by atoms with Gasteiger partial charge in [0, 0.05) is 23.7 Å². The molecule has 16 heavy (non-hydrogen) atoms. The van der Waals surface area contributed by atoms with Gasteiger partial charge in [0.2, 0.25) is 0 Å². The number of rotatable bonds is 1. The summed E-state index contributed by atoms with van der Waals surface area (Å²) in [7, 11) is 0. The summed E-state index contributed by atoms with van der Waals surface area (Å²) < 4.78 is 0. The summed E-state index contributed by atoms with van der Waals surface area (Å²) in [5.74, 6) is 0.0444. The van der Waals surface area contributed by atoms with Crippen LogP contribution in [0.15, 0.2) is 18.2 Å². The highest BCUT2D eigenvalue weighted by Crippen LogP contribution is 2.20. The van der Waals surface area contributed by atoms with Crippen LogP contribution in [0.1, 0.15) is 22.3 Å². The van der Waals surface area contributed by atoms with Crippen molar-refractivity contribution in [2.75, 3.05) is 13.1 Å². The zero-order valence-corrected chi connectivity index (χ0v) is 10.6. The molecular weight excluding hydrogens is 245 g/mol. The molecule has 1 aliphatic heterocycles. The van der Waals surface area contributed by atoms with Crippen molar-refractivity contribution < 1.29 is 4.79 Å². The van der Waals surface area contributed by atoms with Gasteiger partial charge in [-0.1, -0.05) is 11.6 Å². The Morgan fingerprint density at radius 2 is 2.25 bits per heavy atom. The van der Waals surface area contributed by atoms with Crippen LogP contribution in [0.25, 0.3) is 0 Å². The third-order valence-corrected chi connectivity index (χ3v) is 3.60. The van der Waals surface area contributed by atoms with Crippen LogP contribution in [0.2, 0.25) is 5.02 Å². The number of alkyl halides is 1. The number of aryl methyl sites for hydroxylation is 1. The van der Waals surface area contributed by atoms with Gasteiger partial charge in [0.25, 0.3) is 5.91 Å². The maximum Gasteiger partial charge on any atom is 0.253 e. The highest BCUT2D eigenvalue weighted by molar-refractivity contribution is 6.31. The van der Waals surface area contributed by atoms with Gasteiger partial charge < -0.3 is 4.90 Å². The molecule has 1 heterocycles. The van der Waals surface area contributed by atoms with Gasteiger partial charge in [-0.25, -0.2) is 0 Å². The van der Waals surface area contributed by atoms with E-state index in [4.69, 9.17) is 23.2 Å². The molecular formula is C12H13Cl2NO. The molecule has 2 nitrogen and oxygen atoms in total. The van der Waals surface area contributed by atoms with Gasteiger partial charge >= 0.3 is 0 Å². The van der Waals surface area contributed by atoms with Crippen LogP contribution in [-0.4, -0.2) is 29.3 Å². The molecule has 0 aliphatic carbocycles. The normalized spacial score (nSPS) is 20.2. The number of benzene rings is 1. The second-order valence-corrected chi connectivity index (χ2v) is 5.13. The van der Waals surface area contributed by atoms with E-state index in [0.29, 0.717) is 17.1 Å². The highest BCUT2D eigenvalue weighted by atomic mass is 35.5. The Morgan fingerprint density at radius 1 is 1.50 bits per heavy atom. The van der Waals surface area contributed by atoms with Crippen molar-refractivity contribution in [1.82, 2.24) is 4.90 Å². The molecule has 86 valence electrons. The Hall–Kier alpha value is -0.730. The molecule has 0 spiro atoms. The second-order valence-electron chi connectivity index (χ2n) is 4.10. The lowest BCUT2D eigenvalue weighted by Gasteiger charge is -2.15. The third kappa shape index (κ3) is 2.33. The molecule has 1 fully saturated rings. The van der Waals surface area contributed by atoms with E-state index in [-0.39, 0.29) is 11.3 Å². The van der Waals surface area contributed by atoms with Crippen molar-refractivity contribution in [2.45, 2.75) is 18.7 Å². The number of carbonyl (C=O) groups is 1. The summed E-state index contributed by atoms with van der Waals surface area (Å²) in [6, 6.07) is 5.35. The molecule has 1 aromatic rings. The lowest BCUT2D eigenvalue weighted by Crippen LogP contribution is -2.28. The average molecular weight is 258 g/mol. The van der Waals surface area contributed by atoms with Crippen molar-refractivity contribution in [1.29, 1.82) is 0 Å². The Morgan fingerprint density at radius 3 is 2.81 bits per heavy atom. The molecule has 1 aliphatic rings. The van der Waals surface area contributed by atoms with Gasteiger partial charge in [-0.15, -0.1) is 11.6 Å². The summed E-state index contributed by atoms with van der Waals surface area (Å²) in [5.41, 5.74) is 1.61. The monoisotopic (exact) mass is 257 g/mol. The van der Waals surface area contributed by atoms with Gasteiger partial charge in [-0.2, -0.15) is 0 Å². The maximum atomic E-state index is 12.1. The predicted octanol–water partition coefficient (Wildman–Crippen LogP) is 3.10. The first-order valence-corrected chi connectivity index (χ1v) is 6.09. The Balaban J connectivity index is 2.18. The standard InChI is InChI=1S/C12H13Cl2NO/c1-8-6-9(2-3-11(8)14)12(16)15-5-4-10(13)7-15/h2-3,6,10H,4-5,7H2,1H3. The minimum atomic E-state index is 0.0444.